The van der Waals surface area contributed by atoms with Gasteiger partial charge in [-0.3, -0.25) is 9.69 Å². The lowest BCUT2D eigenvalue weighted by Gasteiger charge is -2.33. The molecule has 106 valence electrons. The lowest BCUT2D eigenvalue weighted by molar-refractivity contribution is -0.123. The minimum atomic E-state index is -0.259. The summed E-state index contributed by atoms with van der Waals surface area (Å²) in [6.07, 6.45) is 1.90. The predicted molar refractivity (Wildman–Crippen MR) is 76.2 cm³/mol. The Balaban J connectivity index is 1.70. The minimum Gasteiger partial charge on any atom is -0.440 e. The largest absolute Gasteiger partial charge is 0.440 e. The van der Waals surface area contributed by atoms with Gasteiger partial charge in [0.2, 0.25) is 5.91 Å². The molecule has 0 aliphatic carbocycles. The molecule has 1 aromatic heterocycles. The van der Waals surface area contributed by atoms with Gasteiger partial charge in [-0.25, -0.2) is 4.98 Å². The Morgan fingerprint density at radius 2 is 2.10 bits per heavy atom. The maximum atomic E-state index is 11.2. The van der Waals surface area contributed by atoms with E-state index in [-0.39, 0.29) is 11.9 Å². The van der Waals surface area contributed by atoms with E-state index in [2.05, 4.69) is 9.88 Å². The molecule has 20 heavy (non-hydrogen) atoms. The van der Waals surface area contributed by atoms with E-state index in [1.807, 2.05) is 31.2 Å². The molecule has 5 heteroatoms. The number of piperidine rings is 1. The number of hydrogen-bond donors (Lipinski definition) is 1. The second-order valence-corrected chi connectivity index (χ2v) is 5.41. The van der Waals surface area contributed by atoms with E-state index < -0.39 is 0 Å². The zero-order valence-corrected chi connectivity index (χ0v) is 11.6. The SMILES string of the molecule is CC(C(N)=O)N1CCC(c2nc3ccccc3o2)CC1. The fraction of sp³-hybridized carbons (Fsp3) is 0.467. The van der Waals surface area contributed by atoms with Crippen LogP contribution in [-0.2, 0) is 4.79 Å². The second kappa shape index (κ2) is 5.25. The first kappa shape index (κ1) is 13.1. The van der Waals surface area contributed by atoms with Gasteiger partial charge in [0.25, 0.3) is 0 Å². The Hall–Kier alpha value is -1.88. The third-order valence-electron chi connectivity index (χ3n) is 4.15. The van der Waals surface area contributed by atoms with Crippen LogP contribution in [0, 0.1) is 0 Å². The van der Waals surface area contributed by atoms with Gasteiger partial charge >= 0.3 is 0 Å². The lowest BCUT2D eigenvalue weighted by Crippen LogP contribution is -2.46. The Bertz CT molecular complexity index is 581. The number of nitrogens with zero attached hydrogens (tertiary/aromatic N) is 2. The number of primary amides is 1. The molecule has 1 aliphatic heterocycles. The van der Waals surface area contributed by atoms with Crippen molar-refractivity contribution in [1.82, 2.24) is 9.88 Å². The third-order valence-corrected chi connectivity index (χ3v) is 4.15. The van der Waals surface area contributed by atoms with Crippen molar-refractivity contribution in [3.8, 4) is 0 Å². The molecule has 1 unspecified atom stereocenters. The molecule has 2 heterocycles. The monoisotopic (exact) mass is 273 g/mol. The fourth-order valence-corrected chi connectivity index (χ4v) is 2.78. The zero-order valence-electron chi connectivity index (χ0n) is 11.6. The van der Waals surface area contributed by atoms with Gasteiger partial charge in [0.1, 0.15) is 5.52 Å². The van der Waals surface area contributed by atoms with Gasteiger partial charge in [0, 0.05) is 5.92 Å². The van der Waals surface area contributed by atoms with Gasteiger partial charge < -0.3 is 10.2 Å². The predicted octanol–water partition coefficient (Wildman–Crippen LogP) is 1.88. The highest BCUT2D eigenvalue weighted by molar-refractivity contribution is 5.79. The van der Waals surface area contributed by atoms with Crippen LogP contribution in [0.5, 0.6) is 0 Å². The number of aromatic nitrogens is 1. The number of amides is 1. The number of nitrogens with two attached hydrogens (primary N) is 1. The summed E-state index contributed by atoms with van der Waals surface area (Å²) in [5.41, 5.74) is 7.11. The van der Waals surface area contributed by atoms with E-state index in [1.54, 1.807) is 0 Å². The number of rotatable bonds is 3. The average molecular weight is 273 g/mol. The molecule has 3 rings (SSSR count). The second-order valence-electron chi connectivity index (χ2n) is 5.41. The van der Waals surface area contributed by atoms with Crippen LogP contribution in [0.2, 0.25) is 0 Å². The van der Waals surface area contributed by atoms with E-state index >= 15 is 0 Å². The van der Waals surface area contributed by atoms with Crippen LogP contribution in [0.4, 0.5) is 0 Å². The summed E-state index contributed by atoms with van der Waals surface area (Å²) in [4.78, 5) is 17.9. The maximum absolute atomic E-state index is 11.2. The molecule has 1 saturated heterocycles. The molecule has 0 saturated carbocycles. The van der Waals surface area contributed by atoms with Crippen LogP contribution in [-0.4, -0.2) is 34.9 Å². The quantitative estimate of drug-likeness (QED) is 0.926. The third kappa shape index (κ3) is 2.41. The maximum Gasteiger partial charge on any atom is 0.234 e. The molecule has 1 atom stereocenters. The molecule has 0 spiro atoms. The molecule has 1 aliphatic rings. The van der Waals surface area contributed by atoms with Crippen molar-refractivity contribution in [1.29, 1.82) is 0 Å². The number of carbonyl (C=O) groups excluding carboxylic acids is 1. The van der Waals surface area contributed by atoms with Crippen LogP contribution >= 0.6 is 0 Å². The molecule has 1 amide bonds. The van der Waals surface area contributed by atoms with E-state index in [0.29, 0.717) is 5.92 Å². The smallest absolute Gasteiger partial charge is 0.234 e. The number of benzene rings is 1. The van der Waals surface area contributed by atoms with Crippen molar-refractivity contribution in [2.75, 3.05) is 13.1 Å². The molecular formula is C15H19N3O2. The number of likely N-dealkylation sites (tertiary alicyclic amines) is 1. The summed E-state index contributed by atoms with van der Waals surface area (Å²) in [6.45, 7) is 3.57. The minimum absolute atomic E-state index is 0.195. The first-order chi connectivity index (χ1) is 9.65. The Morgan fingerprint density at radius 1 is 1.40 bits per heavy atom. The highest BCUT2D eigenvalue weighted by Gasteiger charge is 2.28. The highest BCUT2D eigenvalue weighted by Crippen LogP contribution is 2.30. The number of hydrogen-bond acceptors (Lipinski definition) is 4. The number of carbonyl (C=O) groups is 1. The van der Waals surface area contributed by atoms with Gasteiger partial charge in [0.05, 0.1) is 6.04 Å². The van der Waals surface area contributed by atoms with E-state index in [1.165, 1.54) is 0 Å². The first-order valence-electron chi connectivity index (χ1n) is 7.04. The first-order valence-corrected chi connectivity index (χ1v) is 7.04. The topological polar surface area (TPSA) is 72.4 Å². The molecule has 1 fully saturated rings. The van der Waals surface area contributed by atoms with Crippen LogP contribution in [0.1, 0.15) is 31.6 Å². The molecule has 0 radical (unpaired) electrons. The summed E-state index contributed by atoms with van der Waals surface area (Å²) in [7, 11) is 0. The Morgan fingerprint density at radius 3 is 2.75 bits per heavy atom. The van der Waals surface area contributed by atoms with Crippen LogP contribution in [0.25, 0.3) is 11.1 Å². The average Bonchev–Trinajstić information content (AvgIpc) is 2.90. The molecule has 1 aromatic carbocycles. The standard InChI is InChI=1S/C15H19N3O2/c1-10(14(16)19)18-8-6-11(7-9-18)15-17-12-4-2-3-5-13(12)20-15/h2-5,10-11H,6-9H2,1H3,(H2,16,19). The van der Waals surface area contributed by atoms with Gasteiger partial charge in [-0.1, -0.05) is 12.1 Å². The van der Waals surface area contributed by atoms with Crippen molar-refractivity contribution >= 4 is 17.0 Å². The van der Waals surface area contributed by atoms with Crippen LogP contribution in [0.15, 0.2) is 28.7 Å². The van der Waals surface area contributed by atoms with Crippen molar-refractivity contribution in [3.05, 3.63) is 30.2 Å². The molecule has 5 nitrogen and oxygen atoms in total. The lowest BCUT2D eigenvalue weighted by atomic mass is 9.96. The van der Waals surface area contributed by atoms with Gasteiger partial charge in [-0.2, -0.15) is 0 Å². The Labute approximate surface area is 117 Å². The van der Waals surface area contributed by atoms with E-state index in [9.17, 15) is 4.79 Å². The van der Waals surface area contributed by atoms with Crippen LogP contribution < -0.4 is 5.73 Å². The van der Waals surface area contributed by atoms with E-state index in [0.717, 1.165) is 42.9 Å². The zero-order chi connectivity index (χ0) is 14.1. The van der Waals surface area contributed by atoms with Crippen molar-refractivity contribution in [2.24, 2.45) is 5.73 Å². The molecule has 2 N–H and O–H groups in total. The summed E-state index contributed by atoms with van der Waals surface area (Å²) in [6, 6.07) is 7.63. The van der Waals surface area contributed by atoms with Crippen molar-refractivity contribution < 1.29 is 9.21 Å². The molecule has 2 aromatic rings. The summed E-state index contributed by atoms with van der Waals surface area (Å²) < 4.78 is 5.83. The summed E-state index contributed by atoms with van der Waals surface area (Å²) in [5.74, 6) is 0.890. The van der Waals surface area contributed by atoms with Gasteiger partial charge in [-0.05, 0) is 45.0 Å². The highest BCUT2D eigenvalue weighted by atomic mass is 16.3. The summed E-state index contributed by atoms with van der Waals surface area (Å²) in [5, 5.41) is 0. The van der Waals surface area contributed by atoms with Crippen molar-refractivity contribution in [3.63, 3.8) is 0 Å². The van der Waals surface area contributed by atoms with Gasteiger partial charge in [-0.15, -0.1) is 0 Å². The van der Waals surface area contributed by atoms with Crippen LogP contribution in [0.3, 0.4) is 0 Å². The number of oxazole rings is 1. The molecular weight excluding hydrogens is 254 g/mol. The summed E-state index contributed by atoms with van der Waals surface area (Å²) >= 11 is 0. The van der Waals surface area contributed by atoms with Crippen molar-refractivity contribution in [2.45, 2.75) is 31.7 Å². The number of fused-ring (bicyclic) bond motifs is 1. The van der Waals surface area contributed by atoms with E-state index in [4.69, 9.17) is 10.2 Å². The molecule has 0 bridgehead atoms. The Kier molecular flexibility index (Phi) is 3.44. The van der Waals surface area contributed by atoms with Gasteiger partial charge in [0.15, 0.2) is 11.5 Å². The fourth-order valence-electron chi connectivity index (χ4n) is 2.78. The normalized spacial score (nSPS) is 19.2. The number of para-hydroxylation sites is 2.